The lowest BCUT2D eigenvalue weighted by molar-refractivity contribution is 0.552. The fourth-order valence-electron chi connectivity index (χ4n) is 2.14. The Labute approximate surface area is 156 Å². The number of allylic oxidation sites excluding steroid dienone is 4. The molecule has 21 heavy (non-hydrogen) atoms. The zero-order chi connectivity index (χ0) is 16.0. The second kappa shape index (κ2) is 9.52. The number of alkyl halides is 2. The van der Waals surface area contributed by atoms with Crippen molar-refractivity contribution in [1.29, 1.82) is 0 Å². The predicted octanol–water partition coefficient (Wildman–Crippen LogP) is 6.95. The third-order valence-electron chi connectivity index (χ3n) is 3.32. The van der Waals surface area contributed by atoms with Crippen LogP contribution in [0, 0.1) is 0 Å². The van der Waals surface area contributed by atoms with Crippen molar-refractivity contribution in [3.8, 4) is 0 Å². The van der Waals surface area contributed by atoms with E-state index in [1.807, 2.05) is 6.92 Å². The summed E-state index contributed by atoms with van der Waals surface area (Å²) in [6, 6.07) is 0. The lowest BCUT2D eigenvalue weighted by Gasteiger charge is -2.37. The number of hydrogen-bond donors (Lipinski definition) is 1. The van der Waals surface area contributed by atoms with E-state index in [0.717, 1.165) is 24.3 Å². The van der Waals surface area contributed by atoms with Crippen LogP contribution in [0.3, 0.4) is 0 Å². The highest BCUT2D eigenvalue weighted by molar-refractivity contribution is 8.01. The maximum absolute atomic E-state index is 6.85. The van der Waals surface area contributed by atoms with Crippen molar-refractivity contribution in [2.75, 3.05) is 6.54 Å². The second-order valence-electron chi connectivity index (χ2n) is 4.94. The zero-order valence-corrected chi connectivity index (χ0v) is 16.7. The van der Waals surface area contributed by atoms with E-state index in [9.17, 15) is 0 Å². The van der Waals surface area contributed by atoms with Crippen LogP contribution in [0.5, 0.6) is 0 Å². The van der Waals surface area contributed by atoms with Gasteiger partial charge in [0.2, 0.25) is 0 Å². The molecule has 0 saturated heterocycles. The van der Waals surface area contributed by atoms with Crippen molar-refractivity contribution < 1.29 is 0 Å². The minimum atomic E-state index is -0.811. The van der Waals surface area contributed by atoms with Gasteiger partial charge in [0, 0.05) is 11.4 Å². The summed E-state index contributed by atoms with van der Waals surface area (Å²) in [6.45, 7) is 4.96. The molecule has 0 fully saturated rings. The van der Waals surface area contributed by atoms with E-state index in [4.69, 9.17) is 58.0 Å². The molecule has 1 aliphatic carbocycles. The Morgan fingerprint density at radius 2 is 1.76 bits per heavy atom. The van der Waals surface area contributed by atoms with E-state index in [0.29, 0.717) is 21.5 Å². The van der Waals surface area contributed by atoms with Gasteiger partial charge in [-0.05, 0) is 18.4 Å². The quantitative estimate of drug-likeness (QED) is 0.263. The Kier molecular flexibility index (Phi) is 9.19. The number of halogens is 5. The summed E-state index contributed by atoms with van der Waals surface area (Å²) in [5.74, 6) is 0. The van der Waals surface area contributed by atoms with Gasteiger partial charge >= 0.3 is 0 Å². The van der Waals surface area contributed by atoms with Crippen molar-refractivity contribution in [3.63, 3.8) is 0 Å². The van der Waals surface area contributed by atoms with E-state index < -0.39 is 10.3 Å². The first-order valence-corrected chi connectivity index (χ1v) is 9.85. The number of nitrogens with one attached hydrogen (secondary N) is 1. The van der Waals surface area contributed by atoms with E-state index in [-0.39, 0.29) is 0 Å². The third kappa shape index (κ3) is 4.86. The molecule has 0 spiro atoms. The summed E-state index contributed by atoms with van der Waals surface area (Å²) in [6.07, 6.45) is 5.15. The fraction of sp³-hybridized carbons (Fsp3) is 0.714. The molecule has 0 aliphatic heterocycles. The first-order valence-electron chi connectivity index (χ1n) is 7.08. The molecule has 7 heteroatoms. The molecule has 2 unspecified atom stereocenters. The standard InChI is InChI=1S/C14H20Cl5NS/c1-3-5-6-7-8-14(19)12(18)10(16)9(15)11(17)13(14)21-20-4-2/h12,20H,3-8H2,1-2H3. The van der Waals surface area contributed by atoms with Gasteiger partial charge in [-0.2, -0.15) is 0 Å². The molecule has 2 atom stereocenters. The summed E-state index contributed by atoms with van der Waals surface area (Å²) in [5.41, 5.74) is 0. The van der Waals surface area contributed by atoms with Gasteiger partial charge in [-0.25, -0.2) is 0 Å². The minimum absolute atomic E-state index is 0.295. The van der Waals surface area contributed by atoms with Gasteiger partial charge in [0.15, 0.2) is 0 Å². The van der Waals surface area contributed by atoms with Crippen molar-refractivity contribution in [1.82, 2.24) is 4.72 Å². The fourth-order valence-corrected chi connectivity index (χ4v) is 4.99. The lowest BCUT2D eigenvalue weighted by atomic mass is 9.92. The van der Waals surface area contributed by atoms with Crippen molar-refractivity contribution in [2.45, 2.75) is 56.2 Å². The summed E-state index contributed by atoms with van der Waals surface area (Å²) >= 11 is 33.5. The number of hydrogen-bond acceptors (Lipinski definition) is 2. The Balaban J connectivity index is 3.01. The third-order valence-corrected chi connectivity index (χ3v) is 7.53. The SMILES string of the molecule is CCCCCCC1(Cl)C(SNCC)=C(Cl)C(Cl)=C(Cl)C1Cl. The molecule has 1 aliphatic rings. The first-order chi connectivity index (χ1) is 9.90. The molecule has 1 N–H and O–H groups in total. The molecule has 122 valence electrons. The summed E-state index contributed by atoms with van der Waals surface area (Å²) < 4.78 is 3.17. The van der Waals surface area contributed by atoms with Crippen LogP contribution in [0.1, 0.15) is 46.0 Å². The average molecular weight is 412 g/mol. The normalized spacial score (nSPS) is 26.7. The molecular formula is C14H20Cl5NS. The molecule has 0 bridgehead atoms. The number of rotatable bonds is 8. The van der Waals surface area contributed by atoms with E-state index in [1.54, 1.807) is 0 Å². The van der Waals surface area contributed by atoms with Gasteiger partial charge in [-0.1, -0.05) is 74.3 Å². The summed E-state index contributed by atoms with van der Waals surface area (Å²) in [5, 5.41) is 0.451. The molecular weight excluding hydrogens is 391 g/mol. The highest BCUT2D eigenvalue weighted by Gasteiger charge is 2.47. The van der Waals surface area contributed by atoms with Gasteiger partial charge in [-0.3, -0.25) is 4.72 Å². The van der Waals surface area contributed by atoms with Crippen LogP contribution in [-0.2, 0) is 0 Å². The minimum Gasteiger partial charge on any atom is -0.260 e. The average Bonchev–Trinajstić information content (AvgIpc) is 2.48. The molecule has 0 amide bonds. The van der Waals surface area contributed by atoms with Crippen molar-refractivity contribution in [3.05, 3.63) is 20.0 Å². The van der Waals surface area contributed by atoms with Crippen LogP contribution >= 0.6 is 70.0 Å². The smallest absolute Gasteiger partial charge is 0.0994 e. The Hall–Kier alpha value is 1.24. The molecule has 0 aromatic carbocycles. The Morgan fingerprint density at radius 3 is 2.33 bits per heavy atom. The maximum Gasteiger partial charge on any atom is 0.0994 e. The number of unbranched alkanes of at least 4 members (excludes halogenated alkanes) is 3. The van der Waals surface area contributed by atoms with Crippen LogP contribution in [0.2, 0.25) is 0 Å². The van der Waals surface area contributed by atoms with Crippen LogP contribution < -0.4 is 4.72 Å². The van der Waals surface area contributed by atoms with Crippen molar-refractivity contribution >= 4 is 70.0 Å². The van der Waals surface area contributed by atoms with Gasteiger partial charge in [0.1, 0.15) is 0 Å². The topological polar surface area (TPSA) is 12.0 Å². The molecule has 0 aromatic rings. The monoisotopic (exact) mass is 409 g/mol. The molecule has 0 aromatic heterocycles. The van der Waals surface area contributed by atoms with Crippen LogP contribution in [0.15, 0.2) is 20.0 Å². The lowest BCUT2D eigenvalue weighted by Crippen LogP contribution is -2.38. The Morgan fingerprint density at radius 1 is 1.10 bits per heavy atom. The Bertz CT molecular complexity index is 424. The molecule has 0 heterocycles. The van der Waals surface area contributed by atoms with E-state index in [2.05, 4.69) is 11.6 Å². The largest absolute Gasteiger partial charge is 0.260 e. The second-order valence-corrected chi connectivity index (χ2v) is 8.12. The molecule has 0 radical (unpaired) electrons. The highest BCUT2D eigenvalue weighted by Crippen LogP contribution is 2.53. The van der Waals surface area contributed by atoms with E-state index >= 15 is 0 Å². The maximum atomic E-state index is 6.85. The highest BCUT2D eigenvalue weighted by atomic mass is 35.5. The molecule has 1 rings (SSSR count). The van der Waals surface area contributed by atoms with Crippen LogP contribution in [0.25, 0.3) is 0 Å². The van der Waals surface area contributed by atoms with Gasteiger partial charge in [-0.15, -0.1) is 23.2 Å². The van der Waals surface area contributed by atoms with Gasteiger partial charge in [0.25, 0.3) is 0 Å². The van der Waals surface area contributed by atoms with E-state index in [1.165, 1.54) is 24.8 Å². The first kappa shape index (κ1) is 20.3. The van der Waals surface area contributed by atoms with Gasteiger partial charge < -0.3 is 0 Å². The summed E-state index contributed by atoms with van der Waals surface area (Å²) in [7, 11) is 0. The predicted molar refractivity (Wildman–Crippen MR) is 99.9 cm³/mol. The molecule has 1 nitrogen and oxygen atoms in total. The molecule has 0 saturated carbocycles. The van der Waals surface area contributed by atoms with Crippen LogP contribution in [-0.4, -0.2) is 16.8 Å². The van der Waals surface area contributed by atoms with Gasteiger partial charge in [0.05, 0.1) is 25.3 Å². The zero-order valence-electron chi connectivity index (χ0n) is 12.1. The van der Waals surface area contributed by atoms with Crippen molar-refractivity contribution in [2.24, 2.45) is 0 Å². The van der Waals surface area contributed by atoms with Crippen LogP contribution in [0.4, 0.5) is 0 Å². The summed E-state index contributed by atoms with van der Waals surface area (Å²) in [4.78, 5) is -0.0482.